The molecule has 16 heavy (non-hydrogen) atoms. The average Bonchev–Trinajstić information content (AvgIpc) is 2.29. The zero-order chi connectivity index (χ0) is 11.8. The van der Waals surface area contributed by atoms with Gasteiger partial charge in [-0.05, 0) is 19.0 Å². The maximum Gasteiger partial charge on any atom is 0.221 e. The van der Waals surface area contributed by atoms with Gasteiger partial charge in [-0.25, -0.2) is 0 Å². The van der Waals surface area contributed by atoms with Crippen molar-refractivity contribution < 1.29 is 4.79 Å². The maximum atomic E-state index is 11.4. The summed E-state index contributed by atoms with van der Waals surface area (Å²) < 4.78 is 0. The Bertz CT molecular complexity index is 319. The smallest absolute Gasteiger partial charge is 0.221 e. The van der Waals surface area contributed by atoms with Crippen LogP contribution in [-0.4, -0.2) is 19.0 Å². The minimum absolute atomic E-state index is 0.0986. The van der Waals surface area contributed by atoms with Gasteiger partial charge in [0.2, 0.25) is 5.91 Å². The highest BCUT2D eigenvalue weighted by atomic mass is 16.1. The van der Waals surface area contributed by atoms with Crippen LogP contribution in [0.3, 0.4) is 0 Å². The van der Waals surface area contributed by atoms with Crippen LogP contribution >= 0.6 is 0 Å². The third-order valence-electron chi connectivity index (χ3n) is 2.39. The lowest BCUT2D eigenvalue weighted by atomic mass is 10.1. The van der Waals surface area contributed by atoms with Crippen molar-refractivity contribution in [3.8, 4) is 0 Å². The average molecular weight is 220 g/mol. The van der Waals surface area contributed by atoms with Gasteiger partial charge in [0.25, 0.3) is 0 Å². The summed E-state index contributed by atoms with van der Waals surface area (Å²) in [7, 11) is 0. The van der Waals surface area contributed by atoms with Crippen molar-refractivity contribution >= 4 is 5.91 Å². The van der Waals surface area contributed by atoms with E-state index < -0.39 is 0 Å². The Kier molecular flexibility index (Phi) is 5.57. The van der Waals surface area contributed by atoms with Gasteiger partial charge >= 0.3 is 0 Å². The molecule has 1 aromatic rings. The fourth-order valence-corrected chi connectivity index (χ4v) is 1.37. The number of aryl methyl sites for hydroxylation is 1. The van der Waals surface area contributed by atoms with Crippen LogP contribution in [0.25, 0.3) is 0 Å². The quantitative estimate of drug-likeness (QED) is 0.715. The van der Waals surface area contributed by atoms with Crippen LogP contribution in [0.4, 0.5) is 0 Å². The molecule has 0 aliphatic carbocycles. The lowest BCUT2D eigenvalue weighted by Crippen LogP contribution is -2.27. The van der Waals surface area contributed by atoms with Crippen molar-refractivity contribution in [2.24, 2.45) is 0 Å². The van der Waals surface area contributed by atoms with Crippen molar-refractivity contribution in [3.63, 3.8) is 0 Å². The van der Waals surface area contributed by atoms with Gasteiger partial charge in [-0.15, -0.1) is 0 Å². The Morgan fingerprint density at radius 1 is 1.25 bits per heavy atom. The third-order valence-corrected chi connectivity index (χ3v) is 2.39. The van der Waals surface area contributed by atoms with E-state index in [0.29, 0.717) is 13.0 Å². The predicted octanol–water partition coefficient (Wildman–Crippen LogP) is 1.61. The highest BCUT2D eigenvalue weighted by Crippen LogP contribution is 2.02. The summed E-state index contributed by atoms with van der Waals surface area (Å²) in [4.78, 5) is 11.4. The van der Waals surface area contributed by atoms with Crippen LogP contribution in [-0.2, 0) is 11.3 Å². The van der Waals surface area contributed by atoms with Crippen molar-refractivity contribution in [2.75, 3.05) is 13.1 Å². The number of carbonyl (C=O) groups is 1. The van der Waals surface area contributed by atoms with E-state index in [-0.39, 0.29) is 5.91 Å². The largest absolute Gasteiger partial charge is 0.352 e. The van der Waals surface area contributed by atoms with Gasteiger partial charge in [-0.3, -0.25) is 4.79 Å². The van der Waals surface area contributed by atoms with Gasteiger partial charge in [-0.1, -0.05) is 36.8 Å². The first-order valence-corrected chi connectivity index (χ1v) is 5.75. The number of rotatable bonds is 6. The van der Waals surface area contributed by atoms with E-state index in [4.69, 9.17) is 0 Å². The maximum absolute atomic E-state index is 11.4. The highest BCUT2D eigenvalue weighted by molar-refractivity contribution is 5.76. The van der Waals surface area contributed by atoms with Gasteiger partial charge in [0.1, 0.15) is 0 Å². The summed E-state index contributed by atoms with van der Waals surface area (Å²) in [5.74, 6) is 0.0986. The van der Waals surface area contributed by atoms with Crippen molar-refractivity contribution in [1.82, 2.24) is 10.6 Å². The van der Waals surface area contributed by atoms with Gasteiger partial charge in [0.15, 0.2) is 0 Å². The monoisotopic (exact) mass is 220 g/mol. The second kappa shape index (κ2) is 7.01. The van der Waals surface area contributed by atoms with Crippen LogP contribution in [0.2, 0.25) is 0 Å². The second-order valence-corrected chi connectivity index (χ2v) is 3.87. The molecule has 1 amide bonds. The molecule has 1 aromatic carbocycles. The molecule has 0 saturated carbocycles. The van der Waals surface area contributed by atoms with E-state index in [0.717, 1.165) is 18.7 Å². The number of nitrogens with one attached hydrogen (secondary N) is 2. The van der Waals surface area contributed by atoms with E-state index in [1.54, 1.807) is 0 Å². The van der Waals surface area contributed by atoms with E-state index in [1.807, 2.05) is 19.1 Å². The van der Waals surface area contributed by atoms with E-state index >= 15 is 0 Å². The molecule has 0 bridgehead atoms. The van der Waals surface area contributed by atoms with Crippen LogP contribution in [0.1, 0.15) is 24.5 Å². The Balaban J connectivity index is 2.23. The van der Waals surface area contributed by atoms with Gasteiger partial charge in [0.05, 0.1) is 0 Å². The van der Waals surface area contributed by atoms with Crippen molar-refractivity contribution in [1.29, 1.82) is 0 Å². The van der Waals surface area contributed by atoms with Gasteiger partial charge < -0.3 is 10.6 Å². The molecule has 0 aromatic heterocycles. The first-order chi connectivity index (χ1) is 7.72. The van der Waals surface area contributed by atoms with E-state index in [9.17, 15) is 4.79 Å². The van der Waals surface area contributed by atoms with Crippen LogP contribution < -0.4 is 10.6 Å². The molecule has 0 fully saturated rings. The number of benzene rings is 1. The second-order valence-electron chi connectivity index (χ2n) is 3.87. The number of hydrogen-bond donors (Lipinski definition) is 2. The summed E-state index contributed by atoms with van der Waals surface area (Å²) >= 11 is 0. The highest BCUT2D eigenvalue weighted by Gasteiger charge is 2.00. The zero-order valence-corrected chi connectivity index (χ0v) is 10.0. The molecule has 0 atom stereocenters. The molecule has 1 rings (SSSR count). The Labute approximate surface area is 97.2 Å². The number of carbonyl (C=O) groups excluding carboxylic acids is 1. The molecule has 0 unspecified atom stereocenters. The standard InChI is InChI=1S/C13H20N2O/c1-3-14-9-8-13(16)15-10-12-6-4-11(2)5-7-12/h4-7,14H,3,8-10H2,1-2H3,(H,15,16). The number of amides is 1. The summed E-state index contributed by atoms with van der Waals surface area (Å²) in [5.41, 5.74) is 2.38. The minimum atomic E-state index is 0.0986. The SMILES string of the molecule is CCNCCC(=O)NCc1ccc(C)cc1. The lowest BCUT2D eigenvalue weighted by Gasteiger charge is -2.05. The van der Waals surface area contributed by atoms with E-state index in [1.165, 1.54) is 5.56 Å². The molecule has 3 nitrogen and oxygen atoms in total. The third kappa shape index (κ3) is 4.94. The molecule has 2 N–H and O–H groups in total. The first kappa shape index (κ1) is 12.7. The number of hydrogen-bond acceptors (Lipinski definition) is 2. The fraction of sp³-hybridized carbons (Fsp3) is 0.462. The zero-order valence-electron chi connectivity index (χ0n) is 10.0. The lowest BCUT2D eigenvalue weighted by molar-refractivity contribution is -0.121. The van der Waals surface area contributed by atoms with Crippen LogP contribution in [0, 0.1) is 6.92 Å². The molecule has 0 spiro atoms. The summed E-state index contributed by atoms with van der Waals surface area (Å²) in [6, 6.07) is 8.19. The van der Waals surface area contributed by atoms with Crippen LogP contribution in [0.15, 0.2) is 24.3 Å². The molecule has 0 heterocycles. The first-order valence-electron chi connectivity index (χ1n) is 5.75. The Morgan fingerprint density at radius 2 is 1.94 bits per heavy atom. The molecule has 3 heteroatoms. The van der Waals surface area contributed by atoms with Crippen molar-refractivity contribution in [2.45, 2.75) is 26.8 Å². The summed E-state index contributed by atoms with van der Waals surface area (Å²) in [6.07, 6.45) is 0.541. The van der Waals surface area contributed by atoms with Crippen molar-refractivity contribution in [3.05, 3.63) is 35.4 Å². The molecule has 0 aliphatic rings. The fourth-order valence-electron chi connectivity index (χ4n) is 1.37. The molecule has 0 aliphatic heterocycles. The van der Waals surface area contributed by atoms with Gasteiger partial charge in [0, 0.05) is 19.5 Å². The molecule has 0 saturated heterocycles. The normalized spacial score (nSPS) is 10.1. The predicted molar refractivity (Wildman–Crippen MR) is 66.2 cm³/mol. The Morgan fingerprint density at radius 3 is 2.56 bits per heavy atom. The van der Waals surface area contributed by atoms with E-state index in [2.05, 4.69) is 29.7 Å². The molecular weight excluding hydrogens is 200 g/mol. The Hall–Kier alpha value is -1.35. The summed E-state index contributed by atoms with van der Waals surface area (Å²) in [6.45, 7) is 6.36. The van der Waals surface area contributed by atoms with Crippen LogP contribution in [0.5, 0.6) is 0 Å². The molecule has 88 valence electrons. The molecule has 0 radical (unpaired) electrons. The molecular formula is C13H20N2O. The van der Waals surface area contributed by atoms with Gasteiger partial charge in [-0.2, -0.15) is 0 Å². The topological polar surface area (TPSA) is 41.1 Å². The summed E-state index contributed by atoms with van der Waals surface area (Å²) in [5, 5.41) is 6.02. The minimum Gasteiger partial charge on any atom is -0.352 e.